The molecule has 1 aromatic heterocycles. The van der Waals surface area contributed by atoms with Crippen LogP contribution in [0.1, 0.15) is 25.0 Å². The summed E-state index contributed by atoms with van der Waals surface area (Å²) in [5.74, 6) is 0.404. The Bertz CT molecular complexity index is 1120. The molecular weight excluding hydrogens is 434 g/mol. The van der Waals surface area contributed by atoms with E-state index >= 15 is 0 Å². The van der Waals surface area contributed by atoms with Crippen LogP contribution in [0.4, 0.5) is 0 Å². The number of nitrogens with zero attached hydrogens (tertiary/aromatic N) is 2. The van der Waals surface area contributed by atoms with E-state index in [0.717, 1.165) is 21.4 Å². The van der Waals surface area contributed by atoms with Crippen LogP contribution in [0.2, 0.25) is 0 Å². The fraction of sp³-hybridized carbons (Fsp3) is 0.385. The van der Waals surface area contributed by atoms with Gasteiger partial charge in [-0.2, -0.15) is 0 Å². The number of carbonyl (C=O) groups is 2. The standard InChI is InChI=1S/C26H31N3O3S/c1-18-8-10-21(11-9-18)12-27-25(30)17-33-24-15-28(23-7-5-4-6-22(23)24)16-26(31)29-13-19(2)32-20(3)14-29/h4-11,15,19-20H,12-14,16-17H2,1-3H3,(H,27,30)/t19-,20-/m0/s1. The summed E-state index contributed by atoms with van der Waals surface area (Å²) in [4.78, 5) is 28.3. The molecule has 1 fully saturated rings. The van der Waals surface area contributed by atoms with E-state index in [1.807, 2.05) is 85.0 Å². The number of nitrogens with one attached hydrogen (secondary N) is 1. The molecule has 2 atom stereocenters. The van der Waals surface area contributed by atoms with Crippen LogP contribution in [0.15, 0.2) is 59.6 Å². The van der Waals surface area contributed by atoms with Crippen LogP contribution in [-0.2, 0) is 27.4 Å². The number of morpholine rings is 1. The van der Waals surface area contributed by atoms with Gasteiger partial charge in [-0.05, 0) is 32.4 Å². The molecule has 0 saturated carbocycles. The van der Waals surface area contributed by atoms with Gasteiger partial charge in [0.15, 0.2) is 0 Å². The molecular formula is C26H31N3O3S. The van der Waals surface area contributed by atoms with Crippen molar-refractivity contribution >= 4 is 34.5 Å². The summed E-state index contributed by atoms with van der Waals surface area (Å²) >= 11 is 1.50. The molecule has 174 valence electrons. The largest absolute Gasteiger partial charge is 0.372 e. The van der Waals surface area contributed by atoms with E-state index in [4.69, 9.17) is 4.74 Å². The average Bonchev–Trinajstić information content (AvgIpc) is 3.14. The lowest BCUT2D eigenvalue weighted by atomic mass is 10.1. The number of carbonyl (C=O) groups excluding carboxylic acids is 2. The Morgan fingerprint density at radius 1 is 1.06 bits per heavy atom. The summed E-state index contributed by atoms with van der Waals surface area (Å²) in [6.45, 7) is 8.08. The summed E-state index contributed by atoms with van der Waals surface area (Å²) in [5, 5.41) is 4.05. The van der Waals surface area contributed by atoms with Crippen molar-refractivity contribution in [2.45, 2.75) is 51.0 Å². The number of ether oxygens (including phenoxy) is 1. The highest BCUT2D eigenvalue weighted by molar-refractivity contribution is 8.00. The number of hydrogen-bond acceptors (Lipinski definition) is 4. The first-order chi connectivity index (χ1) is 15.9. The smallest absolute Gasteiger partial charge is 0.242 e. The topological polar surface area (TPSA) is 63.6 Å². The minimum atomic E-state index is -0.00947. The van der Waals surface area contributed by atoms with E-state index < -0.39 is 0 Å². The third-order valence-corrected chi connectivity index (χ3v) is 6.84. The van der Waals surface area contributed by atoms with Crippen LogP contribution in [0, 0.1) is 6.92 Å². The van der Waals surface area contributed by atoms with Crippen molar-refractivity contribution in [1.29, 1.82) is 0 Å². The molecule has 6 nitrogen and oxygen atoms in total. The second-order valence-corrected chi connectivity index (χ2v) is 9.76. The lowest BCUT2D eigenvalue weighted by Crippen LogP contribution is -2.49. The maximum atomic E-state index is 13.0. The maximum Gasteiger partial charge on any atom is 0.242 e. The number of aromatic nitrogens is 1. The first-order valence-corrected chi connectivity index (χ1v) is 12.3. The molecule has 1 aliphatic heterocycles. The highest BCUT2D eigenvalue weighted by atomic mass is 32.2. The summed E-state index contributed by atoms with van der Waals surface area (Å²) in [6.07, 6.45) is 2.08. The Morgan fingerprint density at radius 3 is 2.48 bits per heavy atom. The molecule has 1 N–H and O–H groups in total. The zero-order chi connectivity index (χ0) is 23.4. The summed E-state index contributed by atoms with van der Waals surface area (Å²) in [7, 11) is 0. The third kappa shape index (κ3) is 5.97. The van der Waals surface area contributed by atoms with Gasteiger partial charge in [-0.25, -0.2) is 0 Å². The van der Waals surface area contributed by atoms with E-state index in [9.17, 15) is 9.59 Å². The van der Waals surface area contributed by atoms with Gasteiger partial charge in [0.05, 0.1) is 18.0 Å². The molecule has 0 unspecified atom stereocenters. The molecule has 0 radical (unpaired) electrons. The first kappa shape index (κ1) is 23.4. The SMILES string of the molecule is Cc1ccc(CNC(=O)CSc2cn(CC(=O)N3C[C@H](C)O[C@@H](C)C3)c3ccccc23)cc1. The first-order valence-electron chi connectivity index (χ1n) is 11.3. The Labute approximate surface area is 199 Å². The number of fused-ring (bicyclic) bond motifs is 1. The van der Waals surface area contributed by atoms with Gasteiger partial charge in [0, 0.05) is 41.6 Å². The van der Waals surface area contributed by atoms with Gasteiger partial charge in [0.1, 0.15) is 6.54 Å². The molecule has 0 bridgehead atoms. The monoisotopic (exact) mass is 465 g/mol. The zero-order valence-electron chi connectivity index (χ0n) is 19.4. The van der Waals surface area contributed by atoms with Gasteiger partial charge in [-0.15, -0.1) is 11.8 Å². The number of para-hydroxylation sites is 1. The molecule has 2 heterocycles. The lowest BCUT2D eigenvalue weighted by Gasteiger charge is -2.35. The number of amides is 2. The molecule has 3 aromatic rings. The number of hydrogen-bond donors (Lipinski definition) is 1. The summed E-state index contributed by atoms with van der Waals surface area (Å²) < 4.78 is 7.75. The third-order valence-electron chi connectivity index (χ3n) is 5.80. The van der Waals surface area contributed by atoms with Gasteiger partial charge in [-0.3, -0.25) is 9.59 Å². The van der Waals surface area contributed by atoms with E-state index in [1.165, 1.54) is 17.3 Å². The zero-order valence-corrected chi connectivity index (χ0v) is 20.2. The highest BCUT2D eigenvalue weighted by Crippen LogP contribution is 2.30. The highest BCUT2D eigenvalue weighted by Gasteiger charge is 2.26. The summed E-state index contributed by atoms with van der Waals surface area (Å²) in [5.41, 5.74) is 3.29. The molecule has 2 aromatic carbocycles. The molecule has 4 rings (SSSR count). The van der Waals surface area contributed by atoms with Crippen molar-refractivity contribution in [3.05, 3.63) is 65.9 Å². The van der Waals surface area contributed by atoms with Gasteiger partial charge >= 0.3 is 0 Å². The van der Waals surface area contributed by atoms with Crippen LogP contribution >= 0.6 is 11.8 Å². The second kappa shape index (κ2) is 10.4. The fourth-order valence-electron chi connectivity index (χ4n) is 4.19. The minimum Gasteiger partial charge on any atom is -0.372 e. The predicted molar refractivity (Wildman–Crippen MR) is 132 cm³/mol. The molecule has 1 aliphatic rings. The number of thioether (sulfide) groups is 1. The van der Waals surface area contributed by atoms with Crippen molar-refractivity contribution in [2.75, 3.05) is 18.8 Å². The Hall–Kier alpha value is -2.77. The molecule has 33 heavy (non-hydrogen) atoms. The molecule has 7 heteroatoms. The Kier molecular flexibility index (Phi) is 7.40. The quantitative estimate of drug-likeness (QED) is 0.536. The van der Waals surface area contributed by atoms with Crippen LogP contribution in [0.3, 0.4) is 0 Å². The van der Waals surface area contributed by atoms with Crippen LogP contribution in [0.25, 0.3) is 10.9 Å². The predicted octanol–water partition coefficient (Wildman–Crippen LogP) is 3.99. The van der Waals surface area contributed by atoms with Gasteiger partial charge in [-0.1, -0.05) is 48.0 Å². The van der Waals surface area contributed by atoms with E-state index in [-0.39, 0.29) is 30.6 Å². The van der Waals surface area contributed by atoms with Crippen molar-refractivity contribution in [2.24, 2.45) is 0 Å². The van der Waals surface area contributed by atoms with Gasteiger partial charge in [0.25, 0.3) is 0 Å². The van der Waals surface area contributed by atoms with E-state index in [0.29, 0.717) is 25.4 Å². The molecule has 0 spiro atoms. The number of rotatable bonds is 7. The molecule has 0 aliphatic carbocycles. The van der Waals surface area contributed by atoms with Crippen LogP contribution in [-0.4, -0.2) is 52.3 Å². The Morgan fingerprint density at radius 2 is 1.76 bits per heavy atom. The van der Waals surface area contributed by atoms with Gasteiger partial charge in [0.2, 0.25) is 11.8 Å². The Balaban J connectivity index is 1.39. The van der Waals surface area contributed by atoms with Crippen molar-refractivity contribution in [1.82, 2.24) is 14.8 Å². The normalized spacial score (nSPS) is 18.5. The lowest BCUT2D eigenvalue weighted by molar-refractivity contribution is -0.143. The number of benzene rings is 2. The number of aryl methyl sites for hydroxylation is 1. The van der Waals surface area contributed by atoms with Crippen molar-refractivity contribution in [3.63, 3.8) is 0 Å². The van der Waals surface area contributed by atoms with Crippen LogP contribution in [0.5, 0.6) is 0 Å². The van der Waals surface area contributed by atoms with Crippen molar-refractivity contribution in [3.8, 4) is 0 Å². The van der Waals surface area contributed by atoms with E-state index in [1.54, 1.807) is 0 Å². The molecule has 1 saturated heterocycles. The fourth-order valence-corrected chi connectivity index (χ4v) is 5.11. The maximum absolute atomic E-state index is 13.0. The van der Waals surface area contributed by atoms with Crippen molar-refractivity contribution < 1.29 is 14.3 Å². The van der Waals surface area contributed by atoms with E-state index in [2.05, 4.69) is 5.32 Å². The van der Waals surface area contributed by atoms with Gasteiger partial charge < -0.3 is 19.5 Å². The minimum absolute atomic E-state index is 0.00947. The molecule has 2 amide bonds. The second-order valence-electron chi connectivity index (χ2n) is 8.75. The summed E-state index contributed by atoms with van der Waals surface area (Å²) in [6, 6.07) is 16.2. The average molecular weight is 466 g/mol. The van der Waals surface area contributed by atoms with Crippen LogP contribution < -0.4 is 5.32 Å².